The predicted molar refractivity (Wildman–Crippen MR) is 125 cm³/mol. The van der Waals surface area contributed by atoms with E-state index < -0.39 is 49.1 Å². The minimum absolute atomic E-state index is 0.165. The first-order chi connectivity index (χ1) is 17.2. The highest BCUT2D eigenvalue weighted by atomic mass is 32.1. The minimum Gasteiger partial charge on any atom is -0.394 e. The summed E-state index contributed by atoms with van der Waals surface area (Å²) in [5.41, 5.74) is 0.666. The minimum atomic E-state index is -3.82. The number of hydrogen-bond acceptors (Lipinski definition) is 7. The molecule has 2 aliphatic heterocycles. The van der Waals surface area contributed by atoms with Crippen LogP contribution in [0.4, 0.5) is 13.6 Å². The van der Waals surface area contributed by atoms with E-state index in [1.54, 1.807) is 24.3 Å². The van der Waals surface area contributed by atoms with Crippen LogP contribution in [-0.4, -0.2) is 68.1 Å². The number of nitrogens with zero attached hydrogens (tertiary/aromatic N) is 2. The van der Waals surface area contributed by atoms with Gasteiger partial charge < -0.3 is 25.6 Å². The standard InChI is InChI=1S/C23H20F2N4O6S/c24-23(25)18(31)15(11-30)35-21(23)28-10-9-17(27-22(28)34)26-19(32)12-5-7-13(8-6-12)29-20(33)14-3-1-2-4-16(14)36-29/h1-10,15,17-18,21,30-31H,11H2,(H,26,32)(H,27,34). The van der Waals surface area contributed by atoms with Crippen LogP contribution >= 0.6 is 11.5 Å². The Morgan fingerprint density at radius 2 is 1.89 bits per heavy atom. The highest BCUT2D eigenvalue weighted by molar-refractivity contribution is 7.14. The molecule has 13 heteroatoms. The van der Waals surface area contributed by atoms with Crippen molar-refractivity contribution in [3.05, 3.63) is 76.7 Å². The zero-order chi connectivity index (χ0) is 25.6. The zero-order valence-corrected chi connectivity index (χ0v) is 19.2. The third-order valence-corrected chi connectivity index (χ3v) is 7.02. The first-order valence-corrected chi connectivity index (χ1v) is 11.6. The number of nitrogens with one attached hydrogen (secondary N) is 2. The zero-order valence-electron chi connectivity index (χ0n) is 18.4. The van der Waals surface area contributed by atoms with Gasteiger partial charge in [0.15, 0.2) is 6.10 Å². The van der Waals surface area contributed by atoms with Crippen LogP contribution in [0, 0.1) is 0 Å². The third-order valence-electron chi connectivity index (χ3n) is 5.91. The van der Waals surface area contributed by atoms with Gasteiger partial charge in [0.25, 0.3) is 11.5 Å². The Morgan fingerprint density at radius 3 is 2.53 bits per heavy atom. The van der Waals surface area contributed by atoms with Crippen LogP contribution in [0.1, 0.15) is 10.4 Å². The van der Waals surface area contributed by atoms with Gasteiger partial charge in [-0.2, -0.15) is 8.78 Å². The number of aliphatic hydroxyl groups is 2. The number of halogens is 2. The smallest absolute Gasteiger partial charge is 0.325 e. The van der Waals surface area contributed by atoms with Gasteiger partial charge in [-0.25, -0.2) is 8.75 Å². The molecule has 0 radical (unpaired) electrons. The van der Waals surface area contributed by atoms with Crippen LogP contribution < -0.4 is 16.2 Å². The van der Waals surface area contributed by atoms with Crippen LogP contribution in [0.25, 0.3) is 15.8 Å². The SMILES string of the molecule is O=C(NC1C=CN(C2OC(CO)C(O)C2(F)F)C(=O)N1)c1ccc(-n2sc3ccccc3c2=O)cc1. The van der Waals surface area contributed by atoms with E-state index in [0.717, 1.165) is 10.9 Å². The van der Waals surface area contributed by atoms with Gasteiger partial charge in [0, 0.05) is 11.8 Å². The largest absolute Gasteiger partial charge is 0.394 e. The van der Waals surface area contributed by atoms with Crippen LogP contribution in [0.3, 0.4) is 0 Å². The predicted octanol–water partition coefficient (Wildman–Crippen LogP) is 1.36. The normalized spacial score (nSPS) is 25.2. The summed E-state index contributed by atoms with van der Waals surface area (Å²) in [4.78, 5) is 38.3. The Morgan fingerprint density at radius 1 is 1.17 bits per heavy atom. The molecule has 3 heterocycles. The summed E-state index contributed by atoms with van der Waals surface area (Å²) in [5, 5.41) is 24.3. The number of fused-ring (bicyclic) bond motifs is 1. The lowest BCUT2D eigenvalue weighted by Gasteiger charge is -2.33. The van der Waals surface area contributed by atoms with E-state index in [4.69, 9.17) is 9.84 Å². The molecule has 1 aromatic heterocycles. The van der Waals surface area contributed by atoms with Crippen molar-refractivity contribution in [3.63, 3.8) is 0 Å². The summed E-state index contributed by atoms with van der Waals surface area (Å²) in [6.07, 6.45) is -4.66. The van der Waals surface area contributed by atoms with Gasteiger partial charge in [-0.05, 0) is 42.5 Å². The lowest BCUT2D eigenvalue weighted by atomic mass is 10.1. The van der Waals surface area contributed by atoms with Gasteiger partial charge >= 0.3 is 12.0 Å². The van der Waals surface area contributed by atoms with Crippen molar-refractivity contribution < 1.29 is 33.3 Å². The van der Waals surface area contributed by atoms with E-state index in [1.165, 1.54) is 33.7 Å². The van der Waals surface area contributed by atoms with E-state index >= 15 is 0 Å². The Hall–Kier alpha value is -3.65. The molecule has 2 aromatic carbocycles. The Bertz CT molecular complexity index is 1410. The van der Waals surface area contributed by atoms with Crippen LogP contribution in [0.5, 0.6) is 0 Å². The lowest BCUT2D eigenvalue weighted by molar-refractivity contribution is -0.145. The van der Waals surface area contributed by atoms with E-state index in [2.05, 4.69) is 10.6 Å². The fourth-order valence-electron chi connectivity index (χ4n) is 4.00. The van der Waals surface area contributed by atoms with Crippen molar-refractivity contribution in [1.29, 1.82) is 0 Å². The molecule has 2 aliphatic rings. The Kier molecular flexibility index (Phi) is 6.08. The molecule has 0 bridgehead atoms. The van der Waals surface area contributed by atoms with Crippen molar-refractivity contribution in [2.45, 2.75) is 30.5 Å². The molecule has 10 nitrogen and oxygen atoms in total. The van der Waals surface area contributed by atoms with Gasteiger partial charge in [0.05, 0.1) is 22.4 Å². The molecule has 5 rings (SSSR count). The van der Waals surface area contributed by atoms with Crippen molar-refractivity contribution >= 4 is 33.6 Å². The van der Waals surface area contributed by atoms with Crippen molar-refractivity contribution in [2.75, 3.05) is 6.61 Å². The number of urea groups is 1. The van der Waals surface area contributed by atoms with Gasteiger partial charge in [0.2, 0.25) is 6.23 Å². The number of aliphatic hydroxyl groups excluding tert-OH is 2. The number of hydrogen-bond donors (Lipinski definition) is 4. The number of amides is 3. The molecule has 4 atom stereocenters. The molecule has 1 saturated heterocycles. The maximum absolute atomic E-state index is 14.3. The van der Waals surface area contributed by atoms with Crippen LogP contribution in [0.15, 0.2) is 65.6 Å². The first kappa shape index (κ1) is 24.1. The highest BCUT2D eigenvalue weighted by Gasteiger charge is 2.61. The maximum Gasteiger partial charge on any atom is 0.325 e. The average molecular weight is 518 g/mol. The van der Waals surface area contributed by atoms with E-state index in [9.17, 15) is 28.3 Å². The summed E-state index contributed by atoms with van der Waals surface area (Å²) in [5.74, 6) is -4.37. The average Bonchev–Trinajstić information content (AvgIpc) is 3.32. The highest BCUT2D eigenvalue weighted by Crippen LogP contribution is 2.38. The molecule has 0 spiro atoms. The topological polar surface area (TPSA) is 133 Å². The molecule has 3 aromatic rings. The number of rotatable bonds is 5. The van der Waals surface area contributed by atoms with E-state index in [1.807, 2.05) is 12.1 Å². The second-order valence-corrected chi connectivity index (χ2v) is 9.20. The summed E-state index contributed by atoms with van der Waals surface area (Å²) < 4.78 is 36.0. The first-order valence-electron chi connectivity index (χ1n) is 10.8. The molecule has 36 heavy (non-hydrogen) atoms. The molecular weight excluding hydrogens is 498 g/mol. The second kappa shape index (κ2) is 9.09. The molecule has 4 unspecified atom stereocenters. The maximum atomic E-state index is 14.3. The van der Waals surface area contributed by atoms with Crippen molar-refractivity contribution in [3.8, 4) is 5.69 Å². The number of benzene rings is 2. The fourth-order valence-corrected chi connectivity index (χ4v) is 5.00. The number of aromatic nitrogens is 1. The molecule has 0 aliphatic carbocycles. The number of alkyl halides is 2. The van der Waals surface area contributed by atoms with Crippen molar-refractivity contribution in [1.82, 2.24) is 19.5 Å². The van der Waals surface area contributed by atoms with Crippen molar-refractivity contribution in [2.24, 2.45) is 0 Å². The van der Waals surface area contributed by atoms with E-state index in [0.29, 0.717) is 16.0 Å². The summed E-state index contributed by atoms with van der Waals surface area (Å²) in [6.45, 7) is -0.846. The second-order valence-electron chi connectivity index (χ2n) is 8.21. The summed E-state index contributed by atoms with van der Waals surface area (Å²) in [7, 11) is 0. The van der Waals surface area contributed by atoms with Gasteiger partial charge in [0.1, 0.15) is 12.3 Å². The monoisotopic (exact) mass is 518 g/mol. The summed E-state index contributed by atoms with van der Waals surface area (Å²) in [6, 6.07) is 12.5. The summed E-state index contributed by atoms with van der Waals surface area (Å²) >= 11 is 1.28. The molecule has 1 fully saturated rings. The van der Waals surface area contributed by atoms with Gasteiger partial charge in [-0.15, -0.1) is 0 Å². The van der Waals surface area contributed by atoms with E-state index in [-0.39, 0.29) is 11.1 Å². The Balaban J connectivity index is 1.27. The van der Waals surface area contributed by atoms with Gasteiger partial charge in [-0.1, -0.05) is 23.7 Å². The molecular formula is C23H20F2N4O6S. The third kappa shape index (κ3) is 4.05. The number of carbonyl (C=O) groups excluding carboxylic acids is 2. The van der Waals surface area contributed by atoms with Gasteiger partial charge in [-0.3, -0.25) is 14.5 Å². The van der Waals surface area contributed by atoms with Crippen LogP contribution in [-0.2, 0) is 4.74 Å². The van der Waals surface area contributed by atoms with Crippen LogP contribution in [0.2, 0.25) is 0 Å². The molecule has 3 amide bonds. The molecule has 188 valence electrons. The molecule has 0 saturated carbocycles. The number of ether oxygens (including phenoxy) is 1. The molecule has 4 N–H and O–H groups in total. The quantitative estimate of drug-likeness (QED) is 0.403. The Labute approximate surface area is 206 Å². The lowest BCUT2D eigenvalue weighted by Crippen LogP contribution is -2.58. The number of carbonyl (C=O) groups is 2. The fraction of sp³-hybridized carbons (Fsp3) is 0.261.